The minimum atomic E-state index is -0.361. The molecule has 0 atom stereocenters. The molecule has 80 valence electrons. The summed E-state index contributed by atoms with van der Waals surface area (Å²) in [6.45, 7) is 9.35. The van der Waals surface area contributed by atoms with E-state index in [1.165, 1.54) is 12.0 Å². The van der Waals surface area contributed by atoms with Crippen LogP contribution in [-0.2, 0) is 9.63 Å². The van der Waals surface area contributed by atoms with Crippen molar-refractivity contribution in [3.05, 3.63) is 0 Å². The van der Waals surface area contributed by atoms with Crippen molar-refractivity contribution < 1.29 is 9.63 Å². The molecule has 1 rings (SSSR count). The molecule has 0 saturated carbocycles. The van der Waals surface area contributed by atoms with Crippen molar-refractivity contribution in [2.75, 3.05) is 0 Å². The molecule has 1 saturated heterocycles. The van der Waals surface area contributed by atoms with Gasteiger partial charge < -0.3 is 10.2 Å². The third-order valence-corrected chi connectivity index (χ3v) is 3.13. The quantitative estimate of drug-likeness (QED) is 0.667. The van der Waals surface area contributed by atoms with Gasteiger partial charge in [0, 0.05) is 6.92 Å². The van der Waals surface area contributed by atoms with E-state index in [-0.39, 0.29) is 17.0 Å². The van der Waals surface area contributed by atoms with Crippen LogP contribution in [0.1, 0.15) is 34.6 Å². The Labute approximate surface area is 89.6 Å². The van der Waals surface area contributed by atoms with Crippen molar-refractivity contribution in [3.8, 4) is 0 Å². The number of rotatable bonds is 1. The maximum Gasteiger partial charge on any atom is 0.329 e. The van der Waals surface area contributed by atoms with E-state index in [2.05, 4.69) is 5.32 Å². The molecule has 0 amide bonds. The van der Waals surface area contributed by atoms with Crippen LogP contribution in [0.4, 0.5) is 0 Å². The lowest BCUT2D eigenvalue weighted by atomic mass is 9.84. The molecular formula is C9H16N2O2S. The summed E-state index contributed by atoms with van der Waals surface area (Å²) >= 11 is 5.09. The summed E-state index contributed by atoms with van der Waals surface area (Å²) in [6, 6.07) is 0. The summed E-state index contributed by atoms with van der Waals surface area (Å²) in [5.74, 6) is -0.361. The highest BCUT2D eigenvalue weighted by Crippen LogP contribution is 2.34. The second kappa shape index (κ2) is 3.08. The number of hydroxylamine groups is 2. The summed E-state index contributed by atoms with van der Waals surface area (Å²) in [4.78, 5) is 16.0. The molecule has 4 nitrogen and oxygen atoms in total. The van der Waals surface area contributed by atoms with Crippen LogP contribution in [-0.4, -0.2) is 27.2 Å². The molecule has 0 radical (unpaired) electrons. The van der Waals surface area contributed by atoms with Crippen molar-refractivity contribution in [2.45, 2.75) is 45.7 Å². The number of thiocarbonyl (C=S) groups is 1. The van der Waals surface area contributed by atoms with Crippen molar-refractivity contribution in [3.63, 3.8) is 0 Å². The Bertz CT molecular complexity index is 287. The van der Waals surface area contributed by atoms with Crippen LogP contribution in [0.2, 0.25) is 0 Å². The smallest absolute Gasteiger partial charge is 0.329 e. The van der Waals surface area contributed by atoms with Gasteiger partial charge in [-0.25, -0.2) is 0 Å². The molecule has 1 heterocycles. The molecule has 0 aromatic heterocycles. The lowest BCUT2D eigenvalue weighted by Crippen LogP contribution is -2.53. The number of nitrogens with one attached hydrogen (secondary N) is 1. The van der Waals surface area contributed by atoms with Gasteiger partial charge >= 0.3 is 5.97 Å². The molecule has 14 heavy (non-hydrogen) atoms. The van der Waals surface area contributed by atoms with E-state index in [9.17, 15) is 4.79 Å². The number of carbonyl (C=O) groups excluding carboxylic acids is 1. The Morgan fingerprint density at radius 2 is 1.93 bits per heavy atom. The molecule has 5 heteroatoms. The minimum absolute atomic E-state index is 0.223. The molecule has 0 spiro atoms. The van der Waals surface area contributed by atoms with Gasteiger partial charge in [-0.05, 0) is 39.9 Å². The molecule has 1 aliphatic heterocycles. The second-order valence-electron chi connectivity index (χ2n) is 4.49. The molecule has 1 fully saturated rings. The third-order valence-electron chi connectivity index (χ3n) is 2.86. The Balaban J connectivity index is 2.96. The van der Waals surface area contributed by atoms with Gasteiger partial charge in [0.2, 0.25) is 5.11 Å². The molecule has 1 N–H and O–H groups in total. The fourth-order valence-corrected chi connectivity index (χ4v) is 1.78. The van der Waals surface area contributed by atoms with E-state index >= 15 is 0 Å². The summed E-state index contributed by atoms with van der Waals surface area (Å²) in [7, 11) is 0. The molecule has 0 aromatic carbocycles. The molecule has 0 aromatic rings. The Morgan fingerprint density at radius 1 is 1.43 bits per heavy atom. The SMILES string of the molecule is CC(=O)ON1C(=S)NC(C)(C)C1(C)C. The Hall–Kier alpha value is -0.840. The zero-order valence-corrected chi connectivity index (χ0v) is 9.99. The number of nitrogens with zero attached hydrogens (tertiary/aromatic N) is 1. The maximum atomic E-state index is 10.9. The summed E-state index contributed by atoms with van der Waals surface area (Å²) in [6.07, 6.45) is 0. The first kappa shape index (κ1) is 11.2. The van der Waals surface area contributed by atoms with Crippen molar-refractivity contribution >= 4 is 23.3 Å². The number of hydrogen-bond acceptors (Lipinski definition) is 3. The van der Waals surface area contributed by atoms with E-state index < -0.39 is 0 Å². The van der Waals surface area contributed by atoms with Crippen LogP contribution < -0.4 is 5.32 Å². The van der Waals surface area contributed by atoms with Crippen LogP contribution in [0.3, 0.4) is 0 Å². The lowest BCUT2D eigenvalue weighted by molar-refractivity contribution is -0.186. The topological polar surface area (TPSA) is 41.6 Å². The van der Waals surface area contributed by atoms with E-state index in [4.69, 9.17) is 17.1 Å². The highest BCUT2D eigenvalue weighted by Gasteiger charge is 2.52. The lowest BCUT2D eigenvalue weighted by Gasteiger charge is -2.37. The highest BCUT2D eigenvalue weighted by atomic mass is 32.1. The molecule has 0 aliphatic carbocycles. The normalized spacial score (nSPS) is 23.2. The van der Waals surface area contributed by atoms with Gasteiger partial charge in [0.15, 0.2) is 0 Å². The fourth-order valence-electron chi connectivity index (χ4n) is 1.26. The van der Waals surface area contributed by atoms with Crippen LogP contribution >= 0.6 is 12.2 Å². The van der Waals surface area contributed by atoms with E-state index in [1.54, 1.807) is 0 Å². The van der Waals surface area contributed by atoms with E-state index in [0.29, 0.717) is 5.11 Å². The van der Waals surface area contributed by atoms with E-state index in [1.807, 2.05) is 27.7 Å². The van der Waals surface area contributed by atoms with Gasteiger partial charge in [-0.2, -0.15) is 5.06 Å². The van der Waals surface area contributed by atoms with E-state index in [0.717, 1.165) is 0 Å². The van der Waals surface area contributed by atoms with Crippen molar-refractivity contribution in [2.24, 2.45) is 0 Å². The van der Waals surface area contributed by atoms with Gasteiger partial charge in [0.1, 0.15) is 0 Å². The molecule has 0 bridgehead atoms. The first-order chi connectivity index (χ1) is 6.18. The summed E-state index contributed by atoms with van der Waals surface area (Å²) < 4.78 is 0. The monoisotopic (exact) mass is 216 g/mol. The first-order valence-corrected chi connectivity index (χ1v) is 4.90. The number of carbonyl (C=O) groups is 1. The van der Waals surface area contributed by atoms with Crippen molar-refractivity contribution in [1.82, 2.24) is 10.4 Å². The van der Waals surface area contributed by atoms with Gasteiger partial charge in [-0.15, -0.1) is 0 Å². The average Bonchev–Trinajstić information content (AvgIpc) is 2.09. The molecular weight excluding hydrogens is 200 g/mol. The van der Waals surface area contributed by atoms with Gasteiger partial charge in [0.05, 0.1) is 11.1 Å². The second-order valence-corrected chi connectivity index (χ2v) is 4.88. The standard InChI is InChI=1S/C9H16N2O2S/c1-6(12)13-11-7(14)10-8(2,3)9(11,4)5/h1-5H3,(H,10,14). The van der Waals surface area contributed by atoms with Crippen LogP contribution in [0.15, 0.2) is 0 Å². The van der Waals surface area contributed by atoms with Crippen LogP contribution in [0.5, 0.6) is 0 Å². The molecule has 1 aliphatic rings. The molecule has 0 unspecified atom stereocenters. The maximum absolute atomic E-state index is 10.9. The van der Waals surface area contributed by atoms with Gasteiger partial charge in [-0.3, -0.25) is 4.79 Å². The predicted octanol–water partition coefficient (Wildman–Crippen LogP) is 1.21. The van der Waals surface area contributed by atoms with Gasteiger partial charge in [0.25, 0.3) is 0 Å². The first-order valence-electron chi connectivity index (χ1n) is 4.49. The van der Waals surface area contributed by atoms with Crippen molar-refractivity contribution in [1.29, 1.82) is 0 Å². The fraction of sp³-hybridized carbons (Fsp3) is 0.778. The Morgan fingerprint density at radius 3 is 2.21 bits per heavy atom. The third kappa shape index (κ3) is 1.56. The number of hydrogen-bond donors (Lipinski definition) is 1. The average molecular weight is 216 g/mol. The zero-order valence-electron chi connectivity index (χ0n) is 9.17. The van der Waals surface area contributed by atoms with Crippen LogP contribution in [0.25, 0.3) is 0 Å². The predicted molar refractivity (Wildman–Crippen MR) is 57.5 cm³/mol. The Kier molecular flexibility index (Phi) is 2.48. The highest BCUT2D eigenvalue weighted by molar-refractivity contribution is 7.80. The van der Waals surface area contributed by atoms with Gasteiger partial charge in [-0.1, -0.05) is 0 Å². The summed E-state index contributed by atoms with van der Waals surface area (Å²) in [5, 5.41) is 5.04. The zero-order chi connectivity index (χ0) is 11.1. The van der Waals surface area contributed by atoms with Crippen LogP contribution in [0, 0.1) is 0 Å². The summed E-state index contributed by atoms with van der Waals surface area (Å²) in [5.41, 5.74) is -0.574. The largest absolute Gasteiger partial charge is 0.353 e. The minimum Gasteiger partial charge on any atom is -0.353 e.